The molecule has 1 aliphatic heterocycles. The lowest BCUT2D eigenvalue weighted by molar-refractivity contribution is -0.138. The molecule has 1 amide bonds. The molecule has 9 nitrogen and oxygen atoms in total. The number of fused-ring (bicyclic) bond motifs is 2. The zero-order valence-electron chi connectivity index (χ0n) is 24.1. The quantitative estimate of drug-likeness (QED) is 0.237. The fourth-order valence-corrected chi connectivity index (χ4v) is 6.32. The van der Waals surface area contributed by atoms with Gasteiger partial charge in [-0.25, -0.2) is 19.2 Å². The summed E-state index contributed by atoms with van der Waals surface area (Å²) < 4.78 is 45.8. The highest BCUT2D eigenvalue weighted by molar-refractivity contribution is 9.10. The van der Waals surface area contributed by atoms with Gasteiger partial charge in [-0.2, -0.15) is 18.3 Å². The van der Waals surface area contributed by atoms with Crippen LogP contribution < -0.4 is 5.56 Å². The van der Waals surface area contributed by atoms with Crippen molar-refractivity contribution in [2.75, 3.05) is 0 Å². The van der Waals surface area contributed by atoms with Crippen molar-refractivity contribution < 1.29 is 18.0 Å². The van der Waals surface area contributed by atoms with Crippen LogP contribution in [0.5, 0.6) is 0 Å². The van der Waals surface area contributed by atoms with Gasteiger partial charge in [0.2, 0.25) is 5.95 Å². The summed E-state index contributed by atoms with van der Waals surface area (Å²) in [5.41, 5.74) is 3.45. The van der Waals surface area contributed by atoms with Gasteiger partial charge in [0.1, 0.15) is 5.65 Å². The van der Waals surface area contributed by atoms with Gasteiger partial charge in [0.15, 0.2) is 0 Å². The van der Waals surface area contributed by atoms with Gasteiger partial charge in [0.05, 0.1) is 29.2 Å². The molecule has 1 unspecified atom stereocenters. The molecule has 1 saturated carbocycles. The van der Waals surface area contributed by atoms with Crippen LogP contribution in [0, 0.1) is 13.8 Å². The molecule has 5 aromatic rings. The molecule has 1 aromatic carbocycles. The Morgan fingerprint density at radius 2 is 1.84 bits per heavy atom. The lowest BCUT2D eigenvalue weighted by Gasteiger charge is -2.34. The maximum Gasteiger partial charge on any atom is 0.417 e. The second-order valence-electron chi connectivity index (χ2n) is 11.6. The summed E-state index contributed by atoms with van der Waals surface area (Å²) in [6.07, 6.45) is 1.27. The normalized spacial score (nSPS) is 16.9. The number of imidazole rings is 1. The molecule has 0 N–H and O–H groups in total. The molecular weight excluding hydrogens is 639 g/mol. The van der Waals surface area contributed by atoms with Crippen LogP contribution in [0.3, 0.4) is 0 Å². The molecule has 0 bridgehead atoms. The van der Waals surface area contributed by atoms with Crippen LogP contribution in [0.15, 0.2) is 58.1 Å². The minimum atomic E-state index is -4.63. The number of aromatic nitrogens is 6. The van der Waals surface area contributed by atoms with Crippen LogP contribution >= 0.6 is 15.9 Å². The molecule has 1 aliphatic carbocycles. The van der Waals surface area contributed by atoms with Gasteiger partial charge in [-0.3, -0.25) is 9.59 Å². The summed E-state index contributed by atoms with van der Waals surface area (Å²) in [5, 5.41) is 4.82. The standard InChI is InChI=1S/C31H27BrF3N7O2/c1-16-10-22-26(15-40(16)28(43)20-6-7-24(32)23(12-20)31(33,34)35)37-30(42-17(2)11-25(38-42)19-4-5-19)41(29(22)44)21-8-9-39-18(3)14-36-27(39)13-21/h6-9,11-14,16,19H,4-5,10,15H2,1-3H3. The third-order valence-electron chi connectivity index (χ3n) is 8.41. The van der Waals surface area contributed by atoms with Crippen molar-refractivity contribution in [3.05, 3.63) is 103 Å². The molecule has 2 aliphatic rings. The van der Waals surface area contributed by atoms with Crippen molar-refractivity contribution in [1.29, 1.82) is 0 Å². The number of halogens is 4. The van der Waals surface area contributed by atoms with Crippen LogP contribution in [-0.2, 0) is 19.1 Å². The Labute approximate surface area is 258 Å². The first-order chi connectivity index (χ1) is 20.9. The highest BCUT2D eigenvalue weighted by Crippen LogP contribution is 2.40. The molecule has 7 rings (SSSR count). The molecular formula is C31H27BrF3N7O2. The Bertz CT molecular complexity index is 2040. The summed E-state index contributed by atoms with van der Waals surface area (Å²) in [6.45, 7) is 5.58. The molecule has 4 aromatic heterocycles. The maximum atomic E-state index is 14.3. The van der Waals surface area contributed by atoms with E-state index in [1.165, 1.54) is 21.6 Å². The number of carbonyl (C=O) groups is 1. The van der Waals surface area contributed by atoms with Crippen LogP contribution in [-0.4, -0.2) is 45.6 Å². The van der Waals surface area contributed by atoms with Gasteiger partial charge >= 0.3 is 6.18 Å². The Balaban J connectivity index is 1.36. The highest BCUT2D eigenvalue weighted by atomic mass is 79.9. The largest absolute Gasteiger partial charge is 0.417 e. The number of benzene rings is 1. The van der Waals surface area contributed by atoms with Crippen LogP contribution in [0.1, 0.15) is 69.9 Å². The molecule has 5 heterocycles. The number of hydrogen-bond donors (Lipinski definition) is 0. The van der Waals surface area contributed by atoms with E-state index in [0.29, 0.717) is 28.5 Å². The van der Waals surface area contributed by atoms with E-state index in [0.717, 1.165) is 36.0 Å². The van der Waals surface area contributed by atoms with Gasteiger partial charge in [-0.05, 0) is 70.4 Å². The van der Waals surface area contributed by atoms with E-state index in [2.05, 4.69) is 20.9 Å². The molecule has 0 saturated heterocycles. The summed E-state index contributed by atoms with van der Waals surface area (Å²) in [7, 11) is 0. The highest BCUT2D eigenvalue weighted by Gasteiger charge is 2.36. The van der Waals surface area contributed by atoms with Crippen LogP contribution in [0.4, 0.5) is 13.2 Å². The Hall–Kier alpha value is -4.26. The number of rotatable bonds is 4. The van der Waals surface area contributed by atoms with E-state index in [4.69, 9.17) is 10.1 Å². The summed E-state index contributed by atoms with van der Waals surface area (Å²) in [4.78, 5) is 38.8. The van der Waals surface area contributed by atoms with Crippen LogP contribution in [0.2, 0.25) is 0 Å². The fourth-order valence-electron chi connectivity index (χ4n) is 5.85. The summed E-state index contributed by atoms with van der Waals surface area (Å²) >= 11 is 2.94. The number of carbonyl (C=O) groups excluding carboxylic acids is 1. The molecule has 226 valence electrons. The lowest BCUT2D eigenvalue weighted by Crippen LogP contribution is -2.46. The van der Waals surface area contributed by atoms with Gasteiger partial charge < -0.3 is 9.30 Å². The molecule has 1 atom stereocenters. The van der Waals surface area contributed by atoms with Crippen LogP contribution in [0.25, 0.3) is 17.3 Å². The fraction of sp³-hybridized carbons (Fsp3) is 0.323. The third-order valence-corrected chi connectivity index (χ3v) is 9.10. The van der Waals surface area contributed by atoms with E-state index in [1.807, 2.05) is 42.6 Å². The number of pyridine rings is 1. The van der Waals surface area contributed by atoms with Crippen molar-refractivity contribution in [1.82, 2.24) is 33.6 Å². The average Bonchev–Trinajstić information content (AvgIpc) is 3.67. The van der Waals surface area contributed by atoms with E-state index in [-0.39, 0.29) is 34.5 Å². The minimum absolute atomic E-state index is 0.0376. The number of aryl methyl sites for hydroxylation is 2. The zero-order valence-corrected chi connectivity index (χ0v) is 25.6. The van der Waals surface area contributed by atoms with Crippen molar-refractivity contribution in [3.63, 3.8) is 0 Å². The minimum Gasteiger partial charge on any atom is -0.330 e. The molecule has 0 spiro atoms. The maximum absolute atomic E-state index is 14.3. The number of hydrogen-bond acceptors (Lipinski definition) is 5. The molecule has 1 fully saturated rings. The smallest absolute Gasteiger partial charge is 0.330 e. The summed E-state index contributed by atoms with van der Waals surface area (Å²) in [6, 6.07) is 8.62. The molecule has 13 heteroatoms. The predicted octanol–water partition coefficient (Wildman–Crippen LogP) is 5.93. The molecule has 0 radical (unpaired) electrons. The number of alkyl halides is 3. The second kappa shape index (κ2) is 10.1. The Kier molecular flexibility index (Phi) is 6.57. The van der Waals surface area contributed by atoms with E-state index in [1.54, 1.807) is 17.8 Å². The SMILES string of the molecule is Cc1cc(C2CC2)nn1-c1nc2c(c(=O)n1-c1ccn3c(C)cnc3c1)CC(C)N(C(=O)c1ccc(Br)c(C(F)(F)F)c1)C2. The van der Waals surface area contributed by atoms with Crippen molar-refractivity contribution in [2.24, 2.45) is 0 Å². The van der Waals surface area contributed by atoms with Gasteiger partial charge in [-0.15, -0.1) is 0 Å². The average molecular weight is 667 g/mol. The number of nitrogens with zero attached hydrogens (tertiary/aromatic N) is 7. The second-order valence-corrected chi connectivity index (χ2v) is 12.4. The molecule has 44 heavy (non-hydrogen) atoms. The van der Waals surface area contributed by atoms with E-state index >= 15 is 0 Å². The first-order valence-corrected chi connectivity index (χ1v) is 15.0. The van der Waals surface area contributed by atoms with Gasteiger partial charge in [0.25, 0.3) is 11.5 Å². The third kappa shape index (κ3) is 4.73. The monoisotopic (exact) mass is 665 g/mol. The van der Waals surface area contributed by atoms with Crippen molar-refractivity contribution in [3.8, 4) is 11.6 Å². The summed E-state index contributed by atoms with van der Waals surface area (Å²) in [5.74, 6) is 0.0780. The van der Waals surface area contributed by atoms with E-state index < -0.39 is 23.7 Å². The first-order valence-electron chi connectivity index (χ1n) is 14.2. The van der Waals surface area contributed by atoms with Gasteiger partial charge in [0, 0.05) is 57.4 Å². The predicted molar refractivity (Wildman–Crippen MR) is 159 cm³/mol. The zero-order chi connectivity index (χ0) is 31.1. The number of amides is 1. The topological polar surface area (TPSA) is 90.3 Å². The van der Waals surface area contributed by atoms with Gasteiger partial charge in [-0.1, -0.05) is 15.9 Å². The lowest BCUT2D eigenvalue weighted by atomic mass is 9.98. The van der Waals surface area contributed by atoms with Crippen molar-refractivity contribution >= 4 is 27.5 Å². The van der Waals surface area contributed by atoms with E-state index in [9.17, 15) is 22.8 Å². The first kappa shape index (κ1) is 28.5. The Morgan fingerprint density at radius 1 is 1.07 bits per heavy atom. The van der Waals surface area contributed by atoms with Crippen molar-refractivity contribution in [2.45, 2.75) is 64.7 Å². The Morgan fingerprint density at radius 3 is 2.57 bits per heavy atom.